The van der Waals surface area contributed by atoms with Crippen LogP contribution in [0.15, 0.2) is 24.4 Å². The third-order valence-corrected chi connectivity index (χ3v) is 4.40. The number of rotatable bonds is 2. The Morgan fingerprint density at radius 1 is 1.42 bits per heavy atom. The number of anilines is 1. The lowest BCUT2D eigenvalue weighted by Crippen LogP contribution is -2.56. The van der Waals surface area contributed by atoms with Gasteiger partial charge in [-0.15, -0.1) is 0 Å². The average Bonchev–Trinajstić information content (AvgIpc) is 2.55. The lowest BCUT2D eigenvalue weighted by atomic mass is 10.0. The van der Waals surface area contributed by atoms with E-state index in [1.807, 2.05) is 32.9 Å². The summed E-state index contributed by atoms with van der Waals surface area (Å²) in [6, 6.07) is 5.33. The molecule has 1 fully saturated rings. The second-order valence-electron chi connectivity index (χ2n) is 7.53. The number of piperidine rings is 1. The zero-order chi connectivity index (χ0) is 18.9. The summed E-state index contributed by atoms with van der Waals surface area (Å²) in [5.41, 5.74) is 6.49. The van der Waals surface area contributed by atoms with Crippen LogP contribution in [0, 0.1) is 0 Å². The molecule has 0 spiro atoms. The maximum atomic E-state index is 12.3. The van der Waals surface area contributed by atoms with Gasteiger partial charge >= 0.3 is 6.09 Å². The Kier molecular flexibility index (Phi) is 5.20. The molecule has 3 N–H and O–H groups in total. The highest BCUT2D eigenvalue weighted by Gasteiger charge is 2.32. The van der Waals surface area contributed by atoms with Crippen LogP contribution in [0.1, 0.15) is 27.2 Å². The van der Waals surface area contributed by atoms with Crippen LogP contribution in [0.5, 0.6) is 0 Å². The number of likely N-dealkylation sites (tertiary alicyclic amines) is 1. The van der Waals surface area contributed by atoms with Crippen LogP contribution in [0.2, 0.25) is 5.15 Å². The molecule has 0 radical (unpaired) electrons. The number of carbonyl (C=O) groups is 1. The summed E-state index contributed by atoms with van der Waals surface area (Å²) < 4.78 is 5.46. The Balaban J connectivity index is 1.72. The van der Waals surface area contributed by atoms with Gasteiger partial charge < -0.3 is 20.7 Å². The van der Waals surface area contributed by atoms with E-state index in [-0.39, 0.29) is 18.2 Å². The number of nitrogens with zero attached hydrogens (tertiary/aromatic N) is 3. The highest BCUT2D eigenvalue weighted by Crippen LogP contribution is 2.20. The van der Waals surface area contributed by atoms with E-state index in [2.05, 4.69) is 15.3 Å². The lowest BCUT2D eigenvalue weighted by molar-refractivity contribution is 0.0195. The molecule has 3 heterocycles. The highest BCUT2D eigenvalue weighted by molar-refractivity contribution is 6.29. The van der Waals surface area contributed by atoms with E-state index in [0.717, 1.165) is 10.9 Å². The molecule has 1 saturated heterocycles. The number of amides is 1. The zero-order valence-electron chi connectivity index (χ0n) is 15.2. The molecule has 1 amide bonds. The topological polar surface area (TPSA) is 93.4 Å². The van der Waals surface area contributed by atoms with Crippen LogP contribution in [-0.4, -0.2) is 51.7 Å². The van der Waals surface area contributed by atoms with Crippen molar-refractivity contribution >= 4 is 34.4 Å². The van der Waals surface area contributed by atoms with Gasteiger partial charge in [0.1, 0.15) is 16.6 Å². The SMILES string of the molecule is CC(C)(C)OC(=O)N1CCC(N)C(Nc2ccc3cnc(Cl)cc3n2)C1. The Labute approximate surface area is 157 Å². The number of fused-ring (bicyclic) bond motifs is 1. The van der Waals surface area contributed by atoms with Crippen LogP contribution in [0.4, 0.5) is 10.6 Å². The van der Waals surface area contributed by atoms with Crippen LogP contribution in [-0.2, 0) is 4.74 Å². The van der Waals surface area contributed by atoms with Crippen LogP contribution in [0.25, 0.3) is 10.9 Å². The molecule has 2 aromatic rings. The van der Waals surface area contributed by atoms with E-state index >= 15 is 0 Å². The summed E-state index contributed by atoms with van der Waals surface area (Å²) in [5.74, 6) is 0.686. The van der Waals surface area contributed by atoms with Crippen molar-refractivity contribution in [1.29, 1.82) is 0 Å². The molecule has 0 bridgehead atoms. The standard InChI is InChI=1S/C18H24ClN5O2/c1-18(2,3)26-17(25)24-7-6-12(20)14(10-24)23-16-5-4-11-9-21-15(19)8-13(11)22-16/h4-5,8-9,12,14H,6-7,10,20H2,1-3H3,(H,22,23). The van der Waals surface area contributed by atoms with Gasteiger partial charge in [-0.25, -0.2) is 14.8 Å². The first-order valence-electron chi connectivity index (χ1n) is 8.63. The molecule has 1 aliphatic rings. The van der Waals surface area contributed by atoms with Gasteiger partial charge in [-0.05, 0) is 39.3 Å². The predicted octanol–water partition coefficient (Wildman–Crippen LogP) is 3.03. The molecule has 2 atom stereocenters. The Morgan fingerprint density at radius 2 is 2.19 bits per heavy atom. The fourth-order valence-electron chi connectivity index (χ4n) is 2.88. The van der Waals surface area contributed by atoms with Crippen molar-refractivity contribution in [3.63, 3.8) is 0 Å². The van der Waals surface area contributed by atoms with Crippen molar-refractivity contribution in [2.75, 3.05) is 18.4 Å². The number of ether oxygens (including phenoxy) is 1. The van der Waals surface area contributed by atoms with Gasteiger partial charge in [-0.1, -0.05) is 11.6 Å². The normalized spacial score (nSPS) is 20.9. The molecule has 3 rings (SSSR count). The maximum Gasteiger partial charge on any atom is 0.410 e. The molecule has 0 aliphatic carbocycles. The summed E-state index contributed by atoms with van der Waals surface area (Å²) in [4.78, 5) is 22.6. The quantitative estimate of drug-likeness (QED) is 0.781. The molecular formula is C18H24ClN5O2. The number of hydrogen-bond donors (Lipinski definition) is 2. The van der Waals surface area contributed by atoms with Crippen molar-refractivity contribution in [2.45, 2.75) is 44.9 Å². The third-order valence-electron chi connectivity index (χ3n) is 4.19. The molecule has 0 aromatic carbocycles. The number of aromatic nitrogens is 2. The number of halogens is 1. The first-order chi connectivity index (χ1) is 12.2. The highest BCUT2D eigenvalue weighted by atomic mass is 35.5. The minimum Gasteiger partial charge on any atom is -0.444 e. The van der Waals surface area contributed by atoms with Gasteiger partial charge in [-0.2, -0.15) is 0 Å². The van der Waals surface area contributed by atoms with Gasteiger partial charge in [0.25, 0.3) is 0 Å². The van der Waals surface area contributed by atoms with Crippen molar-refractivity contribution < 1.29 is 9.53 Å². The van der Waals surface area contributed by atoms with Gasteiger partial charge in [0, 0.05) is 36.8 Å². The third kappa shape index (κ3) is 4.53. The second kappa shape index (κ2) is 7.25. The molecule has 8 heteroatoms. The summed E-state index contributed by atoms with van der Waals surface area (Å²) >= 11 is 5.94. The van der Waals surface area contributed by atoms with E-state index in [9.17, 15) is 4.79 Å². The summed E-state index contributed by atoms with van der Waals surface area (Å²) in [6.07, 6.45) is 2.06. The summed E-state index contributed by atoms with van der Waals surface area (Å²) in [7, 11) is 0. The zero-order valence-corrected chi connectivity index (χ0v) is 16.0. The second-order valence-corrected chi connectivity index (χ2v) is 7.91. The number of carbonyl (C=O) groups excluding carboxylic acids is 1. The minimum absolute atomic E-state index is 0.0767. The molecule has 26 heavy (non-hydrogen) atoms. The maximum absolute atomic E-state index is 12.3. The van der Waals surface area contributed by atoms with Crippen LogP contribution in [0.3, 0.4) is 0 Å². The predicted molar refractivity (Wildman–Crippen MR) is 102 cm³/mol. The van der Waals surface area contributed by atoms with Gasteiger partial charge in [0.05, 0.1) is 11.6 Å². The lowest BCUT2D eigenvalue weighted by Gasteiger charge is -2.38. The number of nitrogens with one attached hydrogen (secondary N) is 1. The van der Waals surface area contributed by atoms with E-state index < -0.39 is 5.60 Å². The van der Waals surface area contributed by atoms with Gasteiger partial charge in [-0.3, -0.25) is 0 Å². The number of nitrogens with two attached hydrogens (primary N) is 1. The Morgan fingerprint density at radius 3 is 2.92 bits per heavy atom. The van der Waals surface area contributed by atoms with Crippen molar-refractivity contribution in [3.05, 3.63) is 29.5 Å². The fraction of sp³-hybridized carbons (Fsp3) is 0.500. The first kappa shape index (κ1) is 18.7. The monoisotopic (exact) mass is 377 g/mol. The van der Waals surface area contributed by atoms with Crippen molar-refractivity contribution in [2.24, 2.45) is 5.73 Å². The Hall–Kier alpha value is -2.12. The van der Waals surface area contributed by atoms with E-state index in [1.165, 1.54) is 0 Å². The van der Waals surface area contributed by atoms with Gasteiger partial charge in [0.15, 0.2) is 0 Å². The van der Waals surface area contributed by atoms with E-state index in [1.54, 1.807) is 17.2 Å². The molecule has 2 aromatic heterocycles. The number of pyridine rings is 2. The molecule has 2 unspecified atom stereocenters. The van der Waals surface area contributed by atoms with Crippen LogP contribution < -0.4 is 11.1 Å². The van der Waals surface area contributed by atoms with Crippen molar-refractivity contribution in [1.82, 2.24) is 14.9 Å². The van der Waals surface area contributed by atoms with Crippen molar-refractivity contribution in [3.8, 4) is 0 Å². The fourth-order valence-corrected chi connectivity index (χ4v) is 3.03. The first-order valence-corrected chi connectivity index (χ1v) is 9.01. The molecular weight excluding hydrogens is 354 g/mol. The number of hydrogen-bond acceptors (Lipinski definition) is 6. The van der Waals surface area contributed by atoms with E-state index in [0.29, 0.717) is 30.5 Å². The van der Waals surface area contributed by atoms with Gasteiger partial charge in [0.2, 0.25) is 0 Å². The smallest absolute Gasteiger partial charge is 0.410 e. The molecule has 1 aliphatic heterocycles. The summed E-state index contributed by atoms with van der Waals surface area (Å²) in [6.45, 7) is 6.62. The average molecular weight is 378 g/mol. The molecule has 140 valence electrons. The molecule has 0 saturated carbocycles. The minimum atomic E-state index is -0.521. The molecule has 7 nitrogen and oxygen atoms in total. The van der Waals surface area contributed by atoms with E-state index in [4.69, 9.17) is 22.1 Å². The Bertz CT molecular complexity index is 808. The largest absolute Gasteiger partial charge is 0.444 e. The summed E-state index contributed by atoms with van der Waals surface area (Å²) in [5, 5.41) is 4.64. The van der Waals surface area contributed by atoms with Crippen LogP contribution >= 0.6 is 11.6 Å².